The first-order valence-electron chi connectivity index (χ1n) is 8.03. The van der Waals surface area contributed by atoms with E-state index in [2.05, 4.69) is 4.74 Å². The molecule has 0 amide bonds. The van der Waals surface area contributed by atoms with Crippen LogP contribution in [0.15, 0.2) is 34.7 Å². The topological polar surface area (TPSA) is 117 Å². The molecule has 0 spiro atoms. The molecular weight excluding hydrogens is 356 g/mol. The number of carbonyl (C=O) groups excluding carboxylic acids is 5. The van der Waals surface area contributed by atoms with Crippen LogP contribution in [-0.2, 0) is 19.1 Å². The van der Waals surface area contributed by atoms with Crippen molar-refractivity contribution >= 4 is 29.3 Å². The fourth-order valence-corrected chi connectivity index (χ4v) is 2.62. The van der Waals surface area contributed by atoms with Gasteiger partial charge in [-0.25, -0.2) is 0 Å². The first-order valence-corrected chi connectivity index (χ1v) is 8.03. The van der Waals surface area contributed by atoms with Gasteiger partial charge in [-0.05, 0) is 6.07 Å². The van der Waals surface area contributed by atoms with Gasteiger partial charge in [0.15, 0.2) is 17.3 Å². The number of hydrogen-bond acceptors (Lipinski definition) is 8. The molecule has 3 rings (SSSR count). The molecule has 138 valence electrons. The number of ether oxygens (including phenoxy) is 2. The van der Waals surface area contributed by atoms with Crippen LogP contribution >= 0.6 is 0 Å². The van der Waals surface area contributed by atoms with E-state index in [1.165, 1.54) is 25.1 Å². The van der Waals surface area contributed by atoms with Crippen molar-refractivity contribution in [3.8, 4) is 0 Å². The molecule has 0 bridgehead atoms. The molecule has 0 radical (unpaired) electrons. The van der Waals surface area contributed by atoms with Crippen LogP contribution in [0.1, 0.15) is 55.9 Å². The van der Waals surface area contributed by atoms with Gasteiger partial charge in [0.2, 0.25) is 11.6 Å². The highest BCUT2D eigenvalue weighted by Crippen LogP contribution is 2.29. The van der Waals surface area contributed by atoms with Gasteiger partial charge in [0.1, 0.15) is 19.6 Å². The van der Waals surface area contributed by atoms with Crippen LogP contribution in [0.25, 0.3) is 0 Å². The number of esters is 2. The number of fused-ring (bicyclic) bond motifs is 2. The zero-order valence-electron chi connectivity index (χ0n) is 14.3. The Balaban J connectivity index is 1.70. The average molecular weight is 370 g/mol. The second-order valence-corrected chi connectivity index (χ2v) is 5.72. The Morgan fingerprint density at radius 2 is 1.56 bits per heavy atom. The Labute approximate surface area is 153 Å². The minimum Gasteiger partial charge on any atom is -0.462 e. The van der Waals surface area contributed by atoms with Gasteiger partial charge in [0, 0.05) is 18.1 Å². The van der Waals surface area contributed by atoms with E-state index < -0.39 is 35.7 Å². The highest BCUT2D eigenvalue weighted by molar-refractivity contribution is 6.28. The summed E-state index contributed by atoms with van der Waals surface area (Å²) in [6, 6.07) is 7.44. The van der Waals surface area contributed by atoms with Crippen LogP contribution < -0.4 is 0 Å². The molecule has 0 saturated carbocycles. The lowest BCUT2D eigenvalue weighted by molar-refractivity contribution is -0.150. The van der Waals surface area contributed by atoms with Crippen LogP contribution in [0.5, 0.6) is 0 Å². The largest absolute Gasteiger partial charge is 0.462 e. The molecule has 27 heavy (non-hydrogen) atoms. The molecule has 2 aromatic rings. The molecule has 8 nitrogen and oxygen atoms in total. The Bertz CT molecular complexity index is 913. The molecule has 0 unspecified atom stereocenters. The van der Waals surface area contributed by atoms with Gasteiger partial charge in [0.05, 0.1) is 5.56 Å². The van der Waals surface area contributed by atoms with Crippen molar-refractivity contribution in [2.45, 2.75) is 13.3 Å². The number of rotatable bonds is 6. The number of furan rings is 1. The highest BCUT2D eigenvalue weighted by atomic mass is 16.6. The lowest BCUT2D eigenvalue weighted by Gasteiger charge is -2.11. The molecule has 1 aromatic heterocycles. The Hall–Kier alpha value is -3.55. The van der Waals surface area contributed by atoms with Crippen LogP contribution in [0.2, 0.25) is 0 Å². The third-order valence-electron chi connectivity index (χ3n) is 3.83. The summed E-state index contributed by atoms with van der Waals surface area (Å²) in [6.45, 7) is 0.906. The lowest BCUT2D eigenvalue weighted by atomic mass is 9.88. The van der Waals surface area contributed by atoms with Crippen molar-refractivity contribution < 1.29 is 37.9 Å². The van der Waals surface area contributed by atoms with E-state index in [0.29, 0.717) is 0 Å². The van der Waals surface area contributed by atoms with Crippen molar-refractivity contribution in [3.05, 3.63) is 58.5 Å². The molecule has 0 N–H and O–H groups in total. The molecule has 1 aliphatic rings. The van der Waals surface area contributed by atoms with Gasteiger partial charge >= 0.3 is 11.9 Å². The maximum absolute atomic E-state index is 12.5. The second-order valence-electron chi connectivity index (χ2n) is 5.72. The average Bonchev–Trinajstić information content (AvgIpc) is 3.09. The van der Waals surface area contributed by atoms with Gasteiger partial charge in [-0.2, -0.15) is 0 Å². The van der Waals surface area contributed by atoms with E-state index in [9.17, 15) is 24.0 Å². The fraction of sp³-hybridized carbons (Fsp3) is 0.211. The zero-order chi connectivity index (χ0) is 19.6. The quantitative estimate of drug-likeness (QED) is 0.279. The van der Waals surface area contributed by atoms with Gasteiger partial charge in [-0.3, -0.25) is 24.0 Å². The van der Waals surface area contributed by atoms with Crippen LogP contribution in [0.4, 0.5) is 0 Å². The first-order chi connectivity index (χ1) is 12.9. The molecule has 0 fully saturated rings. The minimum atomic E-state index is -0.845. The monoisotopic (exact) mass is 370 g/mol. The number of Topliss-reactive ketones (excluding diaryl/α,β-unsaturated/α-hetero) is 1. The Morgan fingerprint density at radius 3 is 2.22 bits per heavy atom. The van der Waals surface area contributed by atoms with E-state index in [1.54, 1.807) is 12.1 Å². The predicted octanol–water partition coefficient (Wildman–Crippen LogP) is 1.73. The third-order valence-corrected chi connectivity index (χ3v) is 3.83. The molecule has 0 saturated heterocycles. The molecule has 1 aromatic carbocycles. The van der Waals surface area contributed by atoms with Crippen molar-refractivity contribution in [1.29, 1.82) is 0 Å². The first kappa shape index (κ1) is 18.2. The summed E-state index contributed by atoms with van der Waals surface area (Å²) in [4.78, 5) is 59.4. The van der Waals surface area contributed by atoms with E-state index in [4.69, 9.17) is 9.15 Å². The lowest BCUT2D eigenvalue weighted by Crippen LogP contribution is -2.18. The van der Waals surface area contributed by atoms with Crippen molar-refractivity contribution in [1.82, 2.24) is 0 Å². The van der Waals surface area contributed by atoms with Crippen molar-refractivity contribution in [2.75, 3.05) is 13.2 Å². The zero-order valence-corrected chi connectivity index (χ0v) is 14.3. The van der Waals surface area contributed by atoms with Gasteiger partial charge in [0.25, 0.3) is 0 Å². The fourth-order valence-electron chi connectivity index (χ4n) is 2.62. The van der Waals surface area contributed by atoms with Gasteiger partial charge < -0.3 is 13.9 Å². The highest BCUT2D eigenvalue weighted by Gasteiger charge is 2.34. The summed E-state index contributed by atoms with van der Waals surface area (Å²) in [6.07, 6.45) is -0.637. The van der Waals surface area contributed by atoms with Crippen molar-refractivity contribution in [2.24, 2.45) is 0 Å². The summed E-state index contributed by atoms with van der Waals surface area (Å²) in [5, 5.41) is 0. The summed E-state index contributed by atoms with van der Waals surface area (Å²) >= 11 is 0. The molecule has 8 heteroatoms. The smallest absolute Gasteiger partial charge is 0.313 e. The number of benzene rings is 1. The summed E-state index contributed by atoms with van der Waals surface area (Å²) < 4.78 is 14.6. The summed E-state index contributed by atoms with van der Waals surface area (Å²) in [5.74, 6) is -3.50. The second kappa shape index (κ2) is 7.36. The van der Waals surface area contributed by atoms with Crippen LogP contribution in [0, 0.1) is 0 Å². The Morgan fingerprint density at radius 1 is 0.926 bits per heavy atom. The van der Waals surface area contributed by atoms with Crippen LogP contribution in [-0.4, -0.2) is 42.5 Å². The summed E-state index contributed by atoms with van der Waals surface area (Å²) in [5.41, 5.74) is 0.429. The number of hydrogen-bond donors (Lipinski definition) is 0. The van der Waals surface area contributed by atoms with E-state index in [0.717, 1.165) is 0 Å². The molecule has 1 aliphatic carbocycles. The van der Waals surface area contributed by atoms with E-state index >= 15 is 0 Å². The van der Waals surface area contributed by atoms with E-state index in [1.807, 2.05) is 0 Å². The maximum Gasteiger partial charge on any atom is 0.313 e. The summed E-state index contributed by atoms with van der Waals surface area (Å²) in [7, 11) is 0. The SMILES string of the molecule is CC(=O)OCCOC(=O)CC(=O)c1cc2c(o1)C(=O)c1ccccc1C2=O. The Kier molecular flexibility index (Phi) is 4.98. The van der Waals surface area contributed by atoms with Crippen molar-refractivity contribution in [3.63, 3.8) is 0 Å². The number of ketones is 3. The molecular formula is C19H14O8. The third kappa shape index (κ3) is 3.69. The predicted molar refractivity (Wildman–Crippen MR) is 88.6 cm³/mol. The molecule has 1 heterocycles. The van der Waals surface area contributed by atoms with E-state index in [-0.39, 0.29) is 41.4 Å². The van der Waals surface area contributed by atoms with Gasteiger partial charge in [-0.15, -0.1) is 0 Å². The normalized spacial score (nSPS) is 12.2. The standard InChI is InChI=1S/C19H14O8/c1-10(20)25-6-7-26-16(22)9-14(21)15-8-13-17(23)11-4-2-3-5-12(11)18(24)19(13)27-15/h2-5,8H,6-7,9H2,1H3. The molecule has 0 aliphatic heterocycles. The van der Waals surface area contributed by atoms with Gasteiger partial charge in [-0.1, -0.05) is 24.3 Å². The number of carbonyl (C=O) groups is 5. The minimum absolute atomic E-state index is 0.00900. The maximum atomic E-state index is 12.5. The van der Waals surface area contributed by atoms with Crippen LogP contribution in [0.3, 0.4) is 0 Å². The molecule has 0 atom stereocenters.